The number of anilines is 1. The molecule has 1 saturated heterocycles. The molecule has 0 bridgehead atoms. The van der Waals surface area contributed by atoms with Crippen LogP contribution in [0.5, 0.6) is 0 Å². The SMILES string of the molecule is CCOCC(=O)N1CSC[C@H]1C(=O)Nc1cccc(C)c1. The second-order valence-corrected chi connectivity index (χ2v) is 5.87. The minimum Gasteiger partial charge on any atom is -0.372 e. The molecule has 0 unspecified atom stereocenters. The molecular formula is C15H20N2O3S. The predicted octanol–water partition coefficient (Wildman–Crippen LogP) is 1.87. The molecule has 1 atom stereocenters. The Bertz CT molecular complexity index is 521. The molecule has 1 N–H and O–H groups in total. The first-order valence-electron chi connectivity index (χ1n) is 6.94. The summed E-state index contributed by atoms with van der Waals surface area (Å²) in [5.74, 6) is 0.884. The molecule has 0 aromatic heterocycles. The van der Waals surface area contributed by atoms with Crippen molar-refractivity contribution in [1.82, 2.24) is 4.90 Å². The average molecular weight is 308 g/mol. The largest absolute Gasteiger partial charge is 0.372 e. The molecule has 1 heterocycles. The van der Waals surface area contributed by atoms with Crippen LogP contribution in [-0.2, 0) is 14.3 Å². The van der Waals surface area contributed by atoms with E-state index in [-0.39, 0.29) is 18.4 Å². The summed E-state index contributed by atoms with van der Waals surface area (Å²) < 4.78 is 5.14. The number of nitrogens with zero attached hydrogens (tertiary/aromatic N) is 1. The van der Waals surface area contributed by atoms with Crippen LogP contribution >= 0.6 is 11.8 Å². The van der Waals surface area contributed by atoms with Crippen LogP contribution in [0.3, 0.4) is 0 Å². The second-order valence-electron chi connectivity index (χ2n) is 4.88. The van der Waals surface area contributed by atoms with Crippen molar-refractivity contribution < 1.29 is 14.3 Å². The van der Waals surface area contributed by atoms with Gasteiger partial charge in [0.15, 0.2) is 0 Å². The summed E-state index contributed by atoms with van der Waals surface area (Å²) in [6.45, 7) is 4.34. The third-order valence-corrected chi connectivity index (χ3v) is 4.23. The Hall–Kier alpha value is -1.53. The minimum absolute atomic E-state index is 0.0330. The molecule has 5 nitrogen and oxygen atoms in total. The molecule has 1 aromatic rings. The number of nitrogens with one attached hydrogen (secondary N) is 1. The molecule has 0 spiro atoms. The van der Waals surface area contributed by atoms with Gasteiger partial charge in [0.05, 0.1) is 5.88 Å². The summed E-state index contributed by atoms with van der Waals surface area (Å²) in [7, 11) is 0. The minimum atomic E-state index is -0.427. The molecule has 0 aliphatic carbocycles. The lowest BCUT2D eigenvalue weighted by molar-refractivity contribution is -0.140. The molecule has 2 rings (SSSR count). The Morgan fingerprint density at radius 1 is 1.48 bits per heavy atom. The maximum absolute atomic E-state index is 12.4. The highest BCUT2D eigenvalue weighted by molar-refractivity contribution is 7.99. The van der Waals surface area contributed by atoms with Crippen molar-refractivity contribution in [3.8, 4) is 0 Å². The maximum Gasteiger partial charge on any atom is 0.249 e. The van der Waals surface area contributed by atoms with Crippen molar-refractivity contribution in [2.75, 3.05) is 30.2 Å². The van der Waals surface area contributed by atoms with Gasteiger partial charge in [-0.25, -0.2) is 0 Å². The van der Waals surface area contributed by atoms with E-state index in [1.54, 1.807) is 16.7 Å². The van der Waals surface area contributed by atoms with Crippen LogP contribution < -0.4 is 5.32 Å². The van der Waals surface area contributed by atoms with Crippen molar-refractivity contribution in [2.24, 2.45) is 0 Å². The highest BCUT2D eigenvalue weighted by Gasteiger charge is 2.34. The van der Waals surface area contributed by atoms with Gasteiger partial charge < -0.3 is 15.0 Å². The third kappa shape index (κ3) is 4.22. The Labute approximate surface area is 129 Å². The molecule has 21 heavy (non-hydrogen) atoms. The van der Waals surface area contributed by atoms with Gasteiger partial charge in [0, 0.05) is 18.0 Å². The fourth-order valence-corrected chi connectivity index (χ4v) is 3.31. The van der Waals surface area contributed by atoms with E-state index in [0.29, 0.717) is 18.2 Å². The zero-order valence-electron chi connectivity index (χ0n) is 12.3. The summed E-state index contributed by atoms with van der Waals surface area (Å²) in [4.78, 5) is 26.0. The normalized spacial score (nSPS) is 17.8. The Balaban J connectivity index is 1.99. The zero-order valence-corrected chi connectivity index (χ0v) is 13.1. The van der Waals surface area contributed by atoms with Crippen LogP contribution in [0.25, 0.3) is 0 Å². The van der Waals surface area contributed by atoms with E-state index in [0.717, 1.165) is 11.3 Å². The van der Waals surface area contributed by atoms with Gasteiger partial charge in [0.2, 0.25) is 11.8 Å². The van der Waals surface area contributed by atoms with Crippen LogP contribution in [0.4, 0.5) is 5.69 Å². The number of aryl methyl sites for hydroxylation is 1. The summed E-state index contributed by atoms with van der Waals surface area (Å²) in [5.41, 5.74) is 1.84. The summed E-state index contributed by atoms with van der Waals surface area (Å²) in [6.07, 6.45) is 0. The molecule has 1 aliphatic rings. The molecule has 114 valence electrons. The molecule has 2 amide bonds. The smallest absolute Gasteiger partial charge is 0.249 e. The lowest BCUT2D eigenvalue weighted by Crippen LogP contribution is -2.45. The first kappa shape index (κ1) is 15.9. The van der Waals surface area contributed by atoms with Crippen LogP contribution in [-0.4, -0.2) is 47.6 Å². The molecule has 0 saturated carbocycles. The van der Waals surface area contributed by atoms with Crippen LogP contribution in [0.1, 0.15) is 12.5 Å². The number of hydrogen-bond acceptors (Lipinski definition) is 4. The number of ether oxygens (including phenoxy) is 1. The third-order valence-electron chi connectivity index (χ3n) is 3.22. The van der Waals surface area contributed by atoms with Crippen molar-refractivity contribution in [3.05, 3.63) is 29.8 Å². The van der Waals surface area contributed by atoms with Crippen molar-refractivity contribution >= 4 is 29.3 Å². The van der Waals surface area contributed by atoms with E-state index in [4.69, 9.17) is 4.74 Å². The molecule has 1 aliphatic heterocycles. The Morgan fingerprint density at radius 2 is 2.29 bits per heavy atom. The molecule has 6 heteroatoms. The summed E-state index contributed by atoms with van der Waals surface area (Å²) >= 11 is 1.58. The van der Waals surface area contributed by atoms with Crippen molar-refractivity contribution in [2.45, 2.75) is 19.9 Å². The van der Waals surface area contributed by atoms with E-state index in [1.807, 2.05) is 38.1 Å². The summed E-state index contributed by atoms with van der Waals surface area (Å²) in [5, 5.41) is 2.88. The van der Waals surface area contributed by atoms with Gasteiger partial charge in [-0.15, -0.1) is 11.8 Å². The van der Waals surface area contributed by atoms with E-state index in [1.165, 1.54) is 0 Å². The number of thioether (sulfide) groups is 1. The fourth-order valence-electron chi connectivity index (χ4n) is 2.13. The van der Waals surface area contributed by atoms with Crippen LogP contribution in [0, 0.1) is 6.92 Å². The topological polar surface area (TPSA) is 58.6 Å². The van der Waals surface area contributed by atoms with Crippen molar-refractivity contribution in [3.63, 3.8) is 0 Å². The fraction of sp³-hybridized carbons (Fsp3) is 0.467. The first-order chi connectivity index (χ1) is 10.1. The Kier molecular flexibility index (Phi) is 5.64. The van der Waals surface area contributed by atoms with Crippen molar-refractivity contribution in [1.29, 1.82) is 0 Å². The first-order valence-corrected chi connectivity index (χ1v) is 8.09. The monoisotopic (exact) mass is 308 g/mol. The van der Waals surface area contributed by atoms with Gasteiger partial charge in [0.25, 0.3) is 0 Å². The quantitative estimate of drug-likeness (QED) is 0.902. The molecule has 1 aromatic carbocycles. The van der Waals surface area contributed by atoms with Gasteiger partial charge in [-0.2, -0.15) is 0 Å². The van der Waals surface area contributed by atoms with E-state index in [2.05, 4.69) is 5.32 Å². The lowest BCUT2D eigenvalue weighted by Gasteiger charge is -2.23. The second kappa shape index (κ2) is 7.47. The van der Waals surface area contributed by atoms with Gasteiger partial charge in [-0.05, 0) is 31.5 Å². The number of amides is 2. The average Bonchev–Trinajstić information content (AvgIpc) is 2.94. The standard InChI is InChI=1S/C15H20N2O3S/c1-3-20-8-14(18)17-10-21-9-13(17)15(19)16-12-6-4-5-11(2)7-12/h4-7,13H,3,8-10H2,1-2H3,(H,16,19)/t13-/m0/s1. The predicted molar refractivity (Wildman–Crippen MR) is 84.3 cm³/mol. The summed E-state index contributed by atoms with van der Waals surface area (Å²) in [6, 6.07) is 7.19. The zero-order chi connectivity index (χ0) is 15.2. The van der Waals surface area contributed by atoms with Gasteiger partial charge in [-0.1, -0.05) is 12.1 Å². The van der Waals surface area contributed by atoms with Crippen LogP contribution in [0.15, 0.2) is 24.3 Å². The Morgan fingerprint density at radius 3 is 3.00 bits per heavy atom. The van der Waals surface area contributed by atoms with E-state index < -0.39 is 6.04 Å². The van der Waals surface area contributed by atoms with E-state index >= 15 is 0 Å². The number of hydrogen-bond donors (Lipinski definition) is 1. The number of rotatable bonds is 5. The van der Waals surface area contributed by atoms with E-state index in [9.17, 15) is 9.59 Å². The molecule has 0 radical (unpaired) electrons. The molecular weight excluding hydrogens is 288 g/mol. The highest BCUT2D eigenvalue weighted by atomic mass is 32.2. The van der Waals surface area contributed by atoms with Crippen LogP contribution in [0.2, 0.25) is 0 Å². The highest BCUT2D eigenvalue weighted by Crippen LogP contribution is 2.22. The number of carbonyl (C=O) groups excluding carboxylic acids is 2. The number of benzene rings is 1. The van der Waals surface area contributed by atoms with Gasteiger partial charge in [0.1, 0.15) is 12.6 Å². The molecule has 1 fully saturated rings. The van der Waals surface area contributed by atoms with Gasteiger partial charge >= 0.3 is 0 Å². The maximum atomic E-state index is 12.4. The number of carbonyl (C=O) groups is 2. The lowest BCUT2D eigenvalue weighted by atomic mass is 10.2. The van der Waals surface area contributed by atoms with Gasteiger partial charge in [-0.3, -0.25) is 9.59 Å².